The number of carbonyl (C=O) groups is 1. The minimum atomic E-state index is -0.402. The van der Waals surface area contributed by atoms with E-state index in [-0.39, 0.29) is 12.5 Å². The van der Waals surface area contributed by atoms with Gasteiger partial charge in [0.2, 0.25) is 0 Å². The van der Waals surface area contributed by atoms with Crippen molar-refractivity contribution in [2.24, 2.45) is 16.1 Å². The molecule has 0 radical (unpaired) electrons. The van der Waals surface area contributed by atoms with Crippen LogP contribution in [0.2, 0.25) is 5.15 Å². The number of aromatic nitrogens is 2. The van der Waals surface area contributed by atoms with Crippen molar-refractivity contribution < 1.29 is 9.63 Å². The lowest BCUT2D eigenvalue weighted by atomic mass is 10.1. The van der Waals surface area contributed by atoms with Gasteiger partial charge in [0.25, 0.3) is 5.91 Å². The zero-order valence-corrected chi connectivity index (χ0v) is 13.3. The third-order valence-corrected chi connectivity index (χ3v) is 3.76. The van der Waals surface area contributed by atoms with Crippen molar-refractivity contribution in [2.45, 2.75) is 13.5 Å². The molecular weight excluding hydrogens is 316 g/mol. The van der Waals surface area contributed by atoms with Crippen LogP contribution in [0.1, 0.15) is 12.5 Å². The fraction of sp³-hybridized carbons (Fsp3) is 0.250. The van der Waals surface area contributed by atoms with Crippen molar-refractivity contribution in [2.75, 3.05) is 6.61 Å². The highest BCUT2D eigenvalue weighted by molar-refractivity contribution is 6.29. The van der Waals surface area contributed by atoms with Crippen LogP contribution < -0.4 is 5.49 Å². The zero-order chi connectivity index (χ0) is 16.2. The van der Waals surface area contributed by atoms with E-state index in [4.69, 9.17) is 16.4 Å². The normalized spacial score (nSPS) is 17.7. The largest absolute Gasteiger partial charge is 0.395 e. The van der Waals surface area contributed by atoms with E-state index in [1.54, 1.807) is 25.3 Å². The van der Waals surface area contributed by atoms with Crippen molar-refractivity contribution in [3.05, 3.63) is 58.9 Å². The molecule has 1 aliphatic rings. The van der Waals surface area contributed by atoms with E-state index in [9.17, 15) is 4.79 Å². The van der Waals surface area contributed by atoms with E-state index in [1.807, 2.05) is 29.0 Å². The molecule has 0 saturated carbocycles. The van der Waals surface area contributed by atoms with E-state index in [0.717, 1.165) is 5.56 Å². The summed E-state index contributed by atoms with van der Waals surface area (Å²) in [6.45, 7) is 2.57. The molecule has 1 aliphatic heterocycles. The Morgan fingerprint density at radius 2 is 2.30 bits per heavy atom. The Bertz CT molecular complexity index is 811. The van der Waals surface area contributed by atoms with Gasteiger partial charge in [-0.3, -0.25) is 4.79 Å². The highest BCUT2D eigenvalue weighted by Crippen LogP contribution is 2.11. The first-order valence-corrected chi connectivity index (χ1v) is 7.52. The number of hydrogen-bond donors (Lipinski definition) is 0. The molecule has 0 aromatic carbocycles. The van der Waals surface area contributed by atoms with Crippen LogP contribution in [-0.4, -0.2) is 27.8 Å². The van der Waals surface area contributed by atoms with E-state index < -0.39 is 5.92 Å². The number of halogens is 1. The quantitative estimate of drug-likeness (QED) is 0.809. The third kappa shape index (κ3) is 3.65. The summed E-state index contributed by atoms with van der Waals surface area (Å²) in [5.74, 6) is -0.654. The lowest BCUT2D eigenvalue weighted by Gasteiger charge is -2.08. The lowest BCUT2D eigenvalue weighted by molar-refractivity contribution is -0.120. The Morgan fingerprint density at radius 1 is 1.43 bits per heavy atom. The standard InChI is InChI=1S/C16H15ClN4O2/c1-11-13(10-23-20-11)16(22)19-15-4-2-3-7-21(15)9-12-5-6-14(17)18-8-12/h2-8,13H,9-10H2,1H3. The maximum Gasteiger partial charge on any atom is 0.260 e. The monoisotopic (exact) mass is 330 g/mol. The minimum Gasteiger partial charge on any atom is -0.395 e. The first-order valence-electron chi connectivity index (χ1n) is 7.14. The van der Waals surface area contributed by atoms with Crippen molar-refractivity contribution in [1.82, 2.24) is 9.55 Å². The number of rotatable bonds is 3. The Kier molecular flexibility index (Phi) is 4.52. The molecule has 0 saturated heterocycles. The predicted octanol–water partition coefficient (Wildman–Crippen LogP) is 2.03. The average molecular weight is 331 g/mol. The summed E-state index contributed by atoms with van der Waals surface area (Å²) in [6.07, 6.45) is 3.57. The maximum absolute atomic E-state index is 12.3. The zero-order valence-electron chi connectivity index (χ0n) is 12.5. The molecule has 118 valence electrons. The Hall–Kier alpha value is -2.47. The van der Waals surface area contributed by atoms with Crippen molar-refractivity contribution in [3.63, 3.8) is 0 Å². The van der Waals surface area contributed by atoms with Gasteiger partial charge in [-0.2, -0.15) is 4.99 Å². The molecule has 2 aromatic rings. The summed E-state index contributed by atoms with van der Waals surface area (Å²) in [7, 11) is 0. The summed E-state index contributed by atoms with van der Waals surface area (Å²) < 4.78 is 1.88. The fourth-order valence-corrected chi connectivity index (χ4v) is 2.35. The summed E-state index contributed by atoms with van der Waals surface area (Å²) in [4.78, 5) is 25.5. The minimum absolute atomic E-state index is 0.252. The molecule has 0 bridgehead atoms. The van der Waals surface area contributed by atoms with Crippen molar-refractivity contribution >= 4 is 23.2 Å². The molecule has 0 aliphatic carbocycles. The van der Waals surface area contributed by atoms with E-state index >= 15 is 0 Å². The second-order valence-electron chi connectivity index (χ2n) is 5.21. The van der Waals surface area contributed by atoms with Gasteiger partial charge in [-0.1, -0.05) is 28.9 Å². The molecule has 1 atom stereocenters. The van der Waals surface area contributed by atoms with Gasteiger partial charge in [-0.25, -0.2) is 4.98 Å². The fourth-order valence-electron chi connectivity index (χ4n) is 2.24. The highest BCUT2D eigenvalue weighted by atomic mass is 35.5. The number of hydrogen-bond acceptors (Lipinski definition) is 4. The van der Waals surface area contributed by atoms with Crippen LogP contribution in [-0.2, 0) is 16.2 Å². The van der Waals surface area contributed by atoms with Gasteiger partial charge in [0.05, 0.1) is 12.3 Å². The van der Waals surface area contributed by atoms with E-state index in [2.05, 4.69) is 15.1 Å². The van der Waals surface area contributed by atoms with Crippen LogP contribution in [0.3, 0.4) is 0 Å². The average Bonchev–Trinajstić information content (AvgIpc) is 2.97. The number of carbonyl (C=O) groups excluding carboxylic acids is 1. The summed E-state index contributed by atoms with van der Waals surface area (Å²) in [5.41, 5.74) is 2.20. The summed E-state index contributed by atoms with van der Waals surface area (Å²) in [6, 6.07) is 9.15. The van der Waals surface area contributed by atoms with Gasteiger partial charge in [0.15, 0.2) is 0 Å². The van der Waals surface area contributed by atoms with Crippen LogP contribution in [0.15, 0.2) is 52.9 Å². The molecule has 0 N–H and O–H groups in total. The number of nitrogens with zero attached hydrogens (tertiary/aromatic N) is 4. The van der Waals surface area contributed by atoms with Crippen LogP contribution in [0.5, 0.6) is 0 Å². The first kappa shape index (κ1) is 15.4. The molecule has 6 nitrogen and oxygen atoms in total. The number of oxime groups is 1. The SMILES string of the molecule is CC1=NOCC1C(=O)N=c1ccccn1Cc1ccc(Cl)nc1. The molecule has 3 rings (SSSR count). The van der Waals surface area contributed by atoms with Gasteiger partial charge in [-0.05, 0) is 30.7 Å². The lowest BCUT2D eigenvalue weighted by Crippen LogP contribution is -2.27. The number of pyridine rings is 2. The second kappa shape index (κ2) is 6.75. The van der Waals surface area contributed by atoms with Crippen LogP contribution in [0.4, 0.5) is 0 Å². The summed E-state index contributed by atoms with van der Waals surface area (Å²) >= 11 is 5.80. The smallest absolute Gasteiger partial charge is 0.260 e. The van der Waals surface area contributed by atoms with Gasteiger partial charge < -0.3 is 9.40 Å². The van der Waals surface area contributed by atoms with Crippen LogP contribution >= 0.6 is 11.6 Å². The molecule has 7 heteroatoms. The molecule has 1 amide bonds. The predicted molar refractivity (Wildman–Crippen MR) is 85.9 cm³/mol. The van der Waals surface area contributed by atoms with Crippen molar-refractivity contribution in [1.29, 1.82) is 0 Å². The summed E-state index contributed by atoms with van der Waals surface area (Å²) in [5, 5.41) is 4.23. The molecule has 1 unspecified atom stereocenters. The Morgan fingerprint density at radius 3 is 3.00 bits per heavy atom. The van der Waals surface area contributed by atoms with E-state index in [1.165, 1.54) is 0 Å². The third-order valence-electron chi connectivity index (χ3n) is 3.54. The number of amides is 1. The highest BCUT2D eigenvalue weighted by Gasteiger charge is 2.26. The van der Waals surface area contributed by atoms with Crippen LogP contribution in [0.25, 0.3) is 0 Å². The first-order chi connectivity index (χ1) is 11.1. The Labute approximate surface area is 138 Å². The second-order valence-corrected chi connectivity index (χ2v) is 5.59. The van der Waals surface area contributed by atoms with Gasteiger partial charge in [0.1, 0.15) is 23.2 Å². The van der Waals surface area contributed by atoms with Gasteiger partial charge in [0, 0.05) is 12.4 Å². The van der Waals surface area contributed by atoms with Gasteiger partial charge in [-0.15, -0.1) is 0 Å². The molecule has 0 spiro atoms. The molecular formula is C16H15ClN4O2. The topological polar surface area (TPSA) is 68.8 Å². The van der Waals surface area contributed by atoms with Crippen molar-refractivity contribution in [3.8, 4) is 0 Å². The Balaban J connectivity index is 1.88. The maximum atomic E-state index is 12.3. The molecule has 2 aromatic heterocycles. The van der Waals surface area contributed by atoms with Gasteiger partial charge >= 0.3 is 0 Å². The molecule has 3 heterocycles. The molecule has 0 fully saturated rings. The van der Waals surface area contributed by atoms with E-state index in [0.29, 0.717) is 22.9 Å². The van der Waals surface area contributed by atoms with Crippen LogP contribution in [0, 0.1) is 5.92 Å². The molecule has 23 heavy (non-hydrogen) atoms.